The van der Waals surface area contributed by atoms with Crippen LogP contribution in [0.5, 0.6) is 0 Å². The Hall–Kier alpha value is -1.52. The van der Waals surface area contributed by atoms with Gasteiger partial charge in [0.05, 0.1) is 6.34 Å². The van der Waals surface area contributed by atoms with E-state index in [1.54, 1.807) is 38.0 Å². The predicted molar refractivity (Wildman–Crippen MR) is 51.6 cm³/mol. The van der Waals surface area contributed by atoms with Crippen molar-refractivity contribution in [2.45, 2.75) is 0 Å². The van der Waals surface area contributed by atoms with Crippen molar-refractivity contribution in [1.82, 2.24) is 9.80 Å². The van der Waals surface area contributed by atoms with Crippen molar-refractivity contribution in [3.63, 3.8) is 0 Å². The van der Waals surface area contributed by atoms with Crippen LogP contribution in [0, 0.1) is 0 Å². The van der Waals surface area contributed by atoms with E-state index in [0.29, 0.717) is 0 Å². The van der Waals surface area contributed by atoms with Gasteiger partial charge in [-0.3, -0.25) is 0 Å². The molecule has 0 bridgehead atoms. The van der Waals surface area contributed by atoms with Crippen molar-refractivity contribution in [1.29, 1.82) is 0 Å². The average Bonchev–Trinajstić information content (AvgIpc) is 1.96. The zero-order chi connectivity index (χ0) is 10.4. The monoisotopic (exact) mass is 185 g/mol. The molecule has 5 heteroatoms. The molecule has 0 aromatic carbocycles. The fourth-order valence-corrected chi connectivity index (χ4v) is 0.566. The Balaban J connectivity index is 4.54. The summed E-state index contributed by atoms with van der Waals surface area (Å²) in [4.78, 5) is 17.7. The average molecular weight is 185 g/mol. The normalized spacial score (nSPS) is 11.8. The third-order valence-electron chi connectivity index (χ3n) is 1.03. The van der Waals surface area contributed by atoms with E-state index < -0.39 is 5.97 Å². The zero-order valence-corrected chi connectivity index (χ0v) is 8.35. The first-order chi connectivity index (χ1) is 5.93. The Bertz CT molecular complexity index is 232. The second kappa shape index (κ2) is 5.18. The van der Waals surface area contributed by atoms with Gasteiger partial charge in [0.1, 0.15) is 0 Å². The minimum Gasteiger partial charge on any atom is -0.476 e. The lowest BCUT2D eigenvalue weighted by Crippen LogP contribution is -2.11. The topological polar surface area (TPSA) is 56.1 Å². The summed E-state index contributed by atoms with van der Waals surface area (Å²) in [6, 6.07) is 0. The maximum Gasteiger partial charge on any atom is 0.356 e. The SMILES string of the molecule is CN(C)C=N/C(=C\N(C)C)C(=O)O. The van der Waals surface area contributed by atoms with Crippen molar-refractivity contribution in [3.05, 3.63) is 11.9 Å². The van der Waals surface area contributed by atoms with Gasteiger partial charge in [0.15, 0.2) is 5.70 Å². The standard InChI is InChI=1S/C8H15N3O2/c1-10(2)5-7(8(12)13)9-6-11(3)4/h5-6H,1-4H3,(H,12,13)/b7-5-,9-6?. The van der Waals surface area contributed by atoms with Crippen molar-refractivity contribution >= 4 is 12.3 Å². The molecule has 5 nitrogen and oxygen atoms in total. The number of aliphatic carboxylic acids is 1. The molecule has 0 saturated carbocycles. The number of hydrogen-bond acceptors (Lipinski definition) is 3. The number of nitrogens with zero attached hydrogens (tertiary/aromatic N) is 3. The molecule has 1 N–H and O–H groups in total. The van der Waals surface area contributed by atoms with Crippen LogP contribution in [0.25, 0.3) is 0 Å². The van der Waals surface area contributed by atoms with Gasteiger partial charge in [-0.1, -0.05) is 0 Å². The fourth-order valence-electron chi connectivity index (χ4n) is 0.566. The highest BCUT2D eigenvalue weighted by Gasteiger charge is 2.04. The minimum absolute atomic E-state index is 0.0127. The molecule has 0 fully saturated rings. The quantitative estimate of drug-likeness (QED) is 0.382. The van der Waals surface area contributed by atoms with Crippen LogP contribution in [0.1, 0.15) is 0 Å². The molecule has 0 radical (unpaired) electrons. The number of carbonyl (C=O) groups is 1. The molecule has 0 rings (SSSR count). The first kappa shape index (κ1) is 11.5. The Morgan fingerprint density at radius 3 is 2.08 bits per heavy atom. The van der Waals surface area contributed by atoms with Crippen molar-refractivity contribution in [2.75, 3.05) is 28.2 Å². The van der Waals surface area contributed by atoms with E-state index in [4.69, 9.17) is 5.11 Å². The van der Waals surface area contributed by atoms with Gasteiger partial charge in [-0.15, -0.1) is 0 Å². The van der Waals surface area contributed by atoms with E-state index in [-0.39, 0.29) is 5.70 Å². The molecule has 0 aliphatic heterocycles. The van der Waals surface area contributed by atoms with Crippen LogP contribution in [0.4, 0.5) is 0 Å². The first-order valence-electron chi connectivity index (χ1n) is 3.75. The predicted octanol–water partition coefficient (Wildman–Crippen LogP) is 0.0639. The number of hydrogen-bond donors (Lipinski definition) is 1. The summed E-state index contributed by atoms with van der Waals surface area (Å²) >= 11 is 0. The summed E-state index contributed by atoms with van der Waals surface area (Å²) in [5.41, 5.74) is 0.0127. The lowest BCUT2D eigenvalue weighted by molar-refractivity contribution is -0.132. The molecule has 0 aliphatic rings. The van der Waals surface area contributed by atoms with Gasteiger partial charge < -0.3 is 14.9 Å². The third kappa shape index (κ3) is 5.72. The Labute approximate surface area is 78.0 Å². The molecule has 0 amide bonds. The summed E-state index contributed by atoms with van der Waals surface area (Å²) < 4.78 is 0. The summed E-state index contributed by atoms with van der Waals surface area (Å²) in [5.74, 6) is -1.04. The van der Waals surface area contributed by atoms with Crippen LogP contribution in [0.3, 0.4) is 0 Å². The molecule has 0 aromatic heterocycles. The van der Waals surface area contributed by atoms with Crippen LogP contribution in [0.15, 0.2) is 16.9 Å². The molecule has 0 aromatic rings. The fraction of sp³-hybridized carbons (Fsp3) is 0.500. The second-order valence-corrected chi connectivity index (χ2v) is 2.99. The van der Waals surface area contributed by atoms with E-state index in [0.717, 1.165) is 0 Å². The molecule has 0 saturated heterocycles. The van der Waals surface area contributed by atoms with Crippen molar-refractivity contribution < 1.29 is 9.90 Å². The number of carboxylic acid groups (broad SMARTS) is 1. The molecular weight excluding hydrogens is 170 g/mol. The maximum absolute atomic E-state index is 10.6. The Morgan fingerprint density at radius 2 is 1.77 bits per heavy atom. The summed E-state index contributed by atoms with van der Waals surface area (Å²) in [6.07, 6.45) is 2.89. The van der Waals surface area contributed by atoms with Crippen LogP contribution in [0.2, 0.25) is 0 Å². The van der Waals surface area contributed by atoms with Gasteiger partial charge in [0, 0.05) is 34.4 Å². The summed E-state index contributed by atoms with van der Waals surface area (Å²) in [5, 5.41) is 8.71. The van der Waals surface area contributed by atoms with E-state index >= 15 is 0 Å². The van der Waals surface area contributed by atoms with Crippen LogP contribution < -0.4 is 0 Å². The van der Waals surface area contributed by atoms with Crippen LogP contribution in [-0.4, -0.2) is 55.4 Å². The van der Waals surface area contributed by atoms with Crippen molar-refractivity contribution in [2.24, 2.45) is 4.99 Å². The highest BCUT2D eigenvalue weighted by atomic mass is 16.4. The van der Waals surface area contributed by atoms with E-state index in [9.17, 15) is 4.79 Å². The van der Waals surface area contributed by atoms with Crippen LogP contribution in [-0.2, 0) is 4.79 Å². The summed E-state index contributed by atoms with van der Waals surface area (Å²) in [7, 11) is 7.04. The lowest BCUT2D eigenvalue weighted by atomic mass is 10.5. The second-order valence-electron chi connectivity index (χ2n) is 2.99. The largest absolute Gasteiger partial charge is 0.476 e. The highest BCUT2D eigenvalue weighted by Crippen LogP contribution is 1.97. The molecule has 0 atom stereocenters. The zero-order valence-electron chi connectivity index (χ0n) is 8.35. The number of aliphatic imine (C=N–C) groups is 1. The Morgan fingerprint density at radius 1 is 1.23 bits per heavy atom. The molecule has 0 aliphatic carbocycles. The van der Waals surface area contributed by atoms with E-state index in [2.05, 4.69) is 4.99 Å². The van der Waals surface area contributed by atoms with Crippen LogP contribution >= 0.6 is 0 Å². The molecule has 0 heterocycles. The summed E-state index contributed by atoms with van der Waals surface area (Å²) in [6.45, 7) is 0. The molecule has 0 spiro atoms. The van der Waals surface area contributed by atoms with Crippen molar-refractivity contribution in [3.8, 4) is 0 Å². The molecular formula is C8H15N3O2. The number of carboxylic acids is 1. The van der Waals surface area contributed by atoms with Gasteiger partial charge in [0.2, 0.25) is 0 Å². The molecule has 74 valence electrons. The van der Waals surface area contributed by atoms with Gasteiger partial charge in [-0.25, -0.2) is 9.79 Å². The van der Waals surface area contributed by atoms with Gasteiger partial charge in [-0.05, 0) is 0 Å². The highest BCUT2D eigenvalue weighted by molar-refractivity contribution is 5.87. The van der Waals surface area contributed by atoms with Gasteiger partial charge >= 0.3 is 5.97 Å². The first-order valence-corrected chi connectivity index (χ1v) is 3.75. The van der Waals surface area contributed by atoms with E-state index in [1.165, 1.54) is 12.5 Å². The maximum atomic E-state index is 10.6. The smallest absolute Gasteiger partial charge is 0.356 e. The minimum atomic E-state index is -1.04. The molecule has 0 unspecified atom stereocenters. The third-order valence-corrected chi connectivity index (χ3v) is 1.03. The lowest BCUT2D eigenvalue weighted by Gasteiger charge is -2.06. The Kier molecular flexibility index (Phi) is 4.58. The van der Waals surface area contributed by atoms with Gasteiger partial charge in [0.25, 0.3) is 0 Å². The number of rotatable bonds is 4. The van der Waals surface area contributed by atoms with Gasteiger partial charge in [-0.2, -0.15) is 0 Å². The molecule has 13 heavy (non-hydrogen) atoms. The van der Waals surface area contributed by atoms with E-state index in [1.807, 2.05) is 0 Å².